The van der Waals surface area contributed by atoms with E-state index in [9.17, 15) is 0 Å². The normalized spacial score (nSPS) is 18.3. The van der Waals surface area contributed by atoms with Crippen molar-refractivity contribution < 1.29 is 0 Å². The van der Waals surface area contributed by atoms with Crippen molar-refractivity contribution in [2.24, 2.45) is 0 Å². The van der Waals surface area contributed by atoms with E-state index < -0.39 is 0 Å². The van der Waals surface area contributed by atoms with E-state index in [1.54, 1.807) is 12.4 Å². The summed E-state index contributed by atoms with van der Waals surface area (Å²) in [6, 6.07) is 2.39. The van der Waals surface area contributed by atoms with Crippen LogP contribution in [0.25, 0.3) is 0 Å². The maximum absolute atomic E-state index is 9.17. The molecule has 1 aliphatic rings. The van der Waals surface area contributed by atoms with Gasteiger partial charge in [-0.25, -0.2) is 15.0 Å². The Labute approximate surface area is 133 Å². The number of anilines is 2. The third-order valence-electron chi connectivity index (χ3n) is 3.73. The van der Waals surface area contributed by atoms with Gasteiger partial charge in [0.1, 0.15) is 11.9 Å². The van der Waals surface area contributed by atoms with Gasteiger partial charge in [-0.2, -0.15) is 9.64 Å². The fourth-order valence-corrected chi connectivity index (χ4v) is 3.46. The maximum atomic E-state index is 9.17. The fourth-order valence-electron chi connectivity index (χ4n) is 2.58. The lowest BCUT2D eigenvalue weighted by Gasteiger charge is -2.40. The minimum absolute atomic E-state index is 0.278. The van der Waals surface area contributed by atoms with Crippen LogP contribution in [0.1, 0.15) is 25.4 Å². The summed E-state index contributed by atoms with van der Waals surface area (Å²) >= 11 is 1.46. The van der Waals surface area contributed by atoms with Crippen molar-refractivity contribution in [3.8, 4) is 6.07 Å². The van der Waals surface area contributed by atoms with Gasteiger partial charge in [0.2, 0.25) is 5.13 Å². The number of nitriles is 1. The average Bonchev–Trinajstić information content (AvgIpc) is 3.03. The van der Waals surface area contributed by atoms with Gasteiger partial charge in [-0.1, -0.05) is 6.92 Å². The molecule has 0 amide bonds. The lowest BCUT2D eigenvalue weighted by Crippen LogP contribution is -2.52. The number of hydrogen-bond donors (Lipinski definition) is 0. The molecule has 0 bridgehead atoms. The monoisotopic (exact) mass is 315 g/mol. The van der Waals surface area contributed by atoms with Gasteiger partial charge in [0.25, 0.3) is 0 Å². The summed E-state index contributed by atoms with van der Waals surface area (Å²) in [6.45, 7) is 6.63. The molecule has 1 fully saturated rings. The second-order valence-corrected chi connectivity index (χ2v) is 5.91. The largest absolute Gasteiger partial charge is 0.350 e. The Morgan fingerprint density at radius 3 is 2.86 bits per heavy atom. The molecule has 0 spiro atoms. The van der Waals surface area contributed by atoms with E-state index in [0.717, 1.165) is 37.0 Å². The second kappa shape index (κ2) is 6.23. The maximum Gasteiger partial charge on any atom is 0.205 e. The van der Waals surface area contributed by atoms with Gasteiger partial charge in [-0.3, -0.25) is 0 Å². The van der Waals surface area contributed by atoms with Crippen LogP contribution in [0, 0.1) is 11.3 Å². The molecule has 2 aromatic rings. The van der Waals surface area contributed by atoms with Gasteiger partial charge in [0, 0.05) is 56.0 Å². The molecular weight excluding hydrogens is 298 g/mol. The van der Waals surface area contributed by atoms with E-state index in [1.165, 1.54) is 11.5 Å². The van der Waals surface area contributed by atoms with E-state index in [1.807, 2.05) is 0 Å². The molecule has 7 nitrogen and oxygen atoms in total. The predicted molar refractivity (Wildman–Crippen MR) is 85.1 cm³/mol. The zero-order valence-corrected chi connectivity index (χ0v) is 13.4. The molecule has 1 aliphatic heterocycles. The van der Waals surface area contributed by atoms with Gasteiger partial charge in [-0.15, -0.1) is 0 Å². The van der Waals surface area contributed by atoms with Crippen LogP contribution in [-0.2, 0) is 6.42 Å². The van der Waals surface area contributed by atoms with Crippen molar-refractivity contribution in [3.05, 3.63) is 23.9 Å². The first-order chi connectivity index (χ1) is 10.7. The smallest absolute Gasteiger partial charge is 0.205 e. The molecule has 1 saturated heterocycles. The number of piperazine rings is 1. The minimum Gasteiger partial charge on any atom is -0.350 e. The molecule has 1 unspecified atom stereocenters. The highest BCUT2D eigenvalue weighted by molar-refractivity contribution is 7.09. The Morgan fingerprint density at radius 2 is 2.18 bits per heavy atom. The zero-order valence-electron chi connectivity index (χ0n) is 12.6. The van der Waals surface area contributed by atoms with Gasteiger partial charge in [-0.05, 0) is 6.92 Å². The quantitative estimate of drug-likeness (QED) is 0.848. The van der Waals surface area contributed by atoms with Crippen molar-refractivity contribution >= 4 is 22.5 Å². The first kappa shape index (κ1) is 14.7. The standard InChI is InChI=1S/C14H17N7S/c1-3-12-18-14(22-19-12)21-7-6-20(9-10(21)2)13-11(8-15)16-4-5-17-13/h4-5,10H,3,6-7,9H2,1-2H3. The zero-order chi connectivity index (χ0) is 15.5. The van der Waals surface area contributed by atoms with Crippen LogP contribution >= 0.6 is 11.5 Å². The molecule has 3 rings (SSSR count). The molecule has 0 aliphatic carbocycles. The third kappa shape index (κ3) is 2.72. The minimum atomic E-state index is 0.278. The highest BCUT2D eigenvalue weighted by Gasteiger charge is 2.28. The summed E-state index contributed by atoms with van der Waals surface area (Å²) < 4.78 is 4.36. The summed E-state index contributed by atoms with van der Waals surface area (Å²) in [5.74, 6) is 1.57. The van der Waals surface area contributed by atoms with E-state index in [0.29, 0.717) is 11.5 Å². The first-order valence-corrected chi connectivity index (χ1v) is 8.05. The van der Waals surface area contributed by atoms with Crippen LogP contribution in [0.4, 0.5) is 10.9 Å². The van der Waals surface area contributed by atoms with Crippen LogP contribution < -0.4 is 9.80 Å². The summed E-state index contributed by atoms with van der Waals surface area (Å²) in [4.78, 5) is 17.4. The molecule has 0 radical (unpaired) electrons. The van der Waals surface area contributed by atoms with Crippen LogP contribution in [0.5, 0.6) is 0 Å². The van der Waals surface area contributed by atoms with Gasteiger partial charge >= 0.3 is 0 Å². The lowest BCUT2D eigenvalue weighted by molar-refractivity contribution is 0.545. The molecule has 1 atom stereocenters. The molecule has 0 aromatic carbocycles. The number of rotatable bonds is 3. The number of nitrogens with zero attached hydrogens (tertiary/aromatic N) is 7. The predicted octanol–water partition coefficient (Wildman–Crippen LogP) is 1.48. The third-order valence-corrected chi connectivity index (χ3v) is 4.52. The molecule has 0 N–H and O–H groups in total. The van der Waals surface area contributed by atoms with Crippen molar-refractivity contribution in [1.29, 1.82) is 5.26 Å². The van der Waals surface area contributed by atoms with E-state index in [2.05, 4.69) is 49.0 Å². The molecular formula is C14H17N7S. The average molecular weight is 315 g/mol. The first-order valence-electron chi connectivity index (χ1n) is 7.28. The van der Waals surface area contributed by atoms with Gasteiger partial charge in [0.05, 0.1) is 0 Å². The van der Waals surface area contributed by atoms with Crippen LogP contribution in [0.2, 0.25) is 0 Å². The highest BCUT2D eigenvalue weighted by Crippen LogP contribution is 2.25. The Bertz CT molecular complexity index is 692. The number of aryl methyl sites for hydroxylation is 1. The summed E-state index contributed by atoms with van der Waals surface area (Å²) in [6.07, 6.45) is 4.04. The Balaban J connectivity index is 1.76. The van der Waals surface area contributed by atoms with Crippen molar-refractivity contribution in [1.82, 2.24) is 19.3 Å². The Morgan fingerprint density at radius 1 is 1.36 bits per heavy atom. The molecule has 8 heteroatoms. The van der Waals surface area contributed by atoms with Gasteiger partial charge in [0.15, 0.2) is 11.5 Å². The summed E-state index contributed by atoms with van der Waals surface area (Å²) in [5, 5.41) is 10.1. The van der Waals surface area contributed by atoms with Crippen LogP contribution in [0.15, 0.2) is 12.4 Å². The Hall–Kier alpha value is -2.27. The van der Waals surface area contributed by atoms with Crippen molar-refractivity contribution in [2.75, 3.05) is 29.4 Å². The molecule has 0 saturated carbocycles. The molecule has 114 valence electrons. The van der Waals surface area contributed by atoms with E-state index in [4.69, 9.17) is 5.26 Å². The fraction of sp³-hybridized carbons (Fsp3) is 0.500. The van der Waals surface area contributed by atoms with E-state index >= 15 is 0 Å². The highest BCUT2D eigenvalue weighted by atomic mass is 32.1. The van der Waals surface area contributed by atoms with Crippen molar-refractivity contribution in [3.63, 3.8) is 0 Å². The van der Waals surface area contributed by atoms with E-state index in [-0.39, 0.29) is 6.04 Å². The lowest BCUT2D eigenvalue weighted by atomic mass is 10.2. The SMILES string of the molecule is CCc1nsc(N2CCN(c3nccnc3C#N)CC2C)n1. The molecule has 2 aromatic heterocycles. The summed E-state index contributed by atoms with van der Waals surface area (Å²) in [5.41, 5.74) is 0.382. The molecule has 3 heterocycles. The topological polar surface area (TPSA) is 81.8 Å². The van der Waals surface area contributed by atoms with Crippen LogP contribution in [0.3, 0.4) is 0 Å². The number of aromatic nitrogens is 4. The molecule has 22 heavy (non-hydrogen) atoms. The second-order valence-electron chi connectivity index (χ2n) is 5.18. The Kier molecular flexibility index (Phi) is 4.15. The van der Waals surface area contributed by atoms with Gasteiger partial charge < -0.3 is 9.80 Å². The van der Waals surface area contributed by atoms with Crippen molar-refractivity contribution in [2.45, 2.75) is 26.3 Å². The van der Waals surface area contributed by atoms with Crippen LogP contribution in [-0.4, -0.2) is 45.0 Å². The number of hydrogen-bond acceptors (Lipinski definition) is 8. The summed E-state index contributed by atoms with van der Waals surface area (Å²) in [7, 11) is 0.